The Morgan fingerprint density at radius 1 is 0.382 bits per heavy atom. The summed E-state index contributed by atoms with van der Waals surface area (Å²) in [7, 11) is -0.878. The van der Waals surface area contributed by atoms with Crippen molar-refractivity contribution in [3.63, 3.8) is 0 Å². The van der Waals surface area contributed by atoms with Gasteiger partial charge >= 0.3 is 21.4 Å². The van der Waals surface area contributed by atoms with Crippen molar-refractivity contribution in [3.05, 3.63) is 72.8 Å². The summed E-state index contributed by atoms with van der Waals surface area (Å²) in [6.07, 6.45) is 0. The van der Waals surface area contributed by atoms with Gasteiger partial charge in [0.05, 0.1) is 39.6 Å². The second kappa shape index (κ2) is 9.95. The predicted octanol–water partition coefficient (Wildman–Crippen LogP) is 1.38. The maximum atomic E-state index is 5.65. The molecule has 3 saturated heterocycles. The average Bonchev–Trinajstić information content (AvgIpc) is 3.69. The minimum absolute atomic E-state index is 0.293. The second-order valence-electron chi connectivity index (χ2n) is 8.33. The summed E-state index contributed by atoms with van der Waals surface area (Å²) in [5, 5.41) is 0. The molecule has 3 aliphatic rings. The van der Waals surface area contributed by atoms with Gasteiger partial charge in [0.15, 0.2) is 0 Å². The van der Waals surface area contributed by atoms with Gasteiger partial charge in [-0.25, -0.2) is 0 Å². The highest BCUT2D eigenvalue weighted by Crippen LogP contribution is 2.33. The number of hydrogen-bond acceptors (Lipinski definition) is 7. The van der Waals surface area contributed by atoms with Gasteiger partial charge in [0.2, 0.25) is 0 Å². The predicted molar refractivity (Wildman–Crippen MR) is 133 cm³/mol. The molecule has 3 fully saturated rings. The molecule has 3 aromatic carbocycles. The van der Waals surface area contributed by atoms with Crippen LogP contribution in [0.15, 0.2) is 72.8 Å². The van der Waals surface area contributed by atoms with Crippen LogP contribution in [0.3, 0.4) is 0 Å². The molecule has 0 unspecified atom stereocenters. The van der Waals surface area contributed by atoms with Crippen molar-refractivity contribution in [2.24, 2.45) is 0 Å². The van der Waals surface area contributed by atoms with Gasteiger partial charge < -0.3 is 32.8 Å². The van der Waals surface area contributed by atoms with Crippen LogP contribution in [0, 0.1) is 0 Å². The standard InChI is InChI=1S/C24H24B3NO6/c1-7-22(8-2-19(1)25-29-13-14-30-25)28(23-9-3-20(4-10-23)26-31-15-16-32-26)24-11-5-21(6-12-24)27-33-17-18-34-27/h1-12H,13-18H2. The highest BCUT2D eigenvalue weighted by molar-refractivity contribution is 6.62. The molecule has 0 radical (unpaired) electrons. The molecule has 0 atom stereocenters. The van der Waals surface area contributed by atoms with E-state index in [2.05, 4.69) is 77.7 Å². The Kier molecular flexibility index (Phi) is 6.42. The molecule has 6 rings (SSSR count). The second-order valence-corrected chi connectivity index (χ2v) is 8.33. The first-order valence-electron chi connectivity index (χ1n) is 11.6. The molecule has 10 heteroatoms. The topological polar surface area (TPSA) is 58.6 Å². The van der Waals surface area contributed by atoms with Gasteiger partial charge in [-0.2, -0.15) is 0 Å². The van der Waals surface area contributed by atoms with Crippen molar-refractivity contribution in [1.82, 2.24) is 0 Å². The quantitative estimate of drug-likeness (QED) is 0.521. The van der Waals surface area contributed by atoms with Gasteiger partial charge in [-0.15, -0.1) is 0 Å². The average molecular weight is 455 g/mol. The highest BCUT2D eigenvalue weighted by Gasteiger charge is 2.29. The number of hydrogen-bond donors (Lipinski definition) is 0. The minimum Gasteiger partial charge on any atom is -0.405 e. The lowest BCUT2D eigenvalue weighted by molar-refractivity contribution is 0.365. The van der Waals surface area contributed by atoms with Crippen LogP contribution < -0.4 is 21.3 Å². The molecular formula is C24H24B3NO6. The van der Waals surface area contributed by atoms with Crippen LogP contribution >= 0.6 is 0 Å². The fraction of sp³-hybridized carbons (Fsp3) is 0.250. The van der Waals surface area contributed by atoms with Crippen LogP contribution in [0.2, 0.25) is 0 Å². The molecule has 3 heterocycles. The minimum atomic E-state index is -0.293. The van der Waals surface area contributed by atoms with Crippen LogP contribution in [0.5, 0.6) is 0 Å². The van der Waals surface area contributed by atoms with Crippen molar-refractivity contribution in [2.75, 3.05) is 44.5 Å². The lowest BCUT2D eigenvalue weighted by Gasteiger charge is -2.26. The SMILES string of the molecule is c1cc(N(c2ccc(B3OCCO3)cc2)c2ccc(B3OCCO3)cc2)ccc1B1OCCO1. The Hall–Kier alpha value is -2.59. The van der Waals surface area contributed by atoms with Crippen LogP contribution in [0.25, 0.3) is 0 Å². The van der Waals surface area contributed by atoms with E-state index in [9.17, 15) is 0 Å². The zero-order valence-electron chi connectivity index (χ0n) is 18.8. The Morgan fingerprint density at radius 2 is 0.618 bits per heavy atom. The van der Waals surface area contributed by atoms with Crippen molar-refractivity contribution >= 4 is 54.8 Å². The van der Waals surface area contributed by atoms with Crippen LogP contribution in [-0.2, 0) is 27.9 Å². The summed E-state index contributed by atoms with van der Waals surface area (Å²) in [4.78, 5) is 2.21. The monoisotopic (exact) mass is 455 g/mol. The first kappa shape index (κ1) is 21.9. The molecule has 0 aromatic heterocycles. The zero-order chi connectivity index (χ0) is 22.7. The van der Waals surface area contributed by atoms with Crippen molar-refractivity contribution < 1.29 is 27.9 Å². The van der Waals surface area contributed by atoms with Crippen LogP contribution in [0.4, 0.5) is 17.1 Å². The molecule has 0 bridgehead atoms. The van der Waals surface area contributed by atoms with E-state index >= 15 is 0 Å². The molecule has 0 N–H and O–H groups in total. The third kappa shape index (κ3) is 4.53. The fourth-order valence-electron chi connectivity index (χ4n) is 4.44. The van der Waals surface area contributed by atoms with E-state index in [-0.39, 0.29) is 21.4 Å². The molecule has 0 saturated carbocycles. The van der Waals surface area contributed by atoms with E-state index < -0.39 is 0 Å². The summed E-state index contributed by atoms with van der Waals surface area (Å²) < 4.78 is 33.9. The smallest absolute Gasteiger partial charge is 0.405 e. The van der Waals surface area contributed by atoms with Gasteiger partial charge in [-0.1, -0.05) is 36.4 Å². The van der Waals surface area contributed by atoms with E-state index in [1.165, 1.54) is 0 Å². The number of benzene rings is 3. The van der Waals surface area contributed by atoms with E-state index in [1.54, 1.807) is 0 Å². The summed E-state index contributed by atoms with van der Waals surface area (Å²) in [6.45, 7) is 3.75. The number of anilines is 3. The van der Waals surface area contributed by atoms with E-state index in [4.69, 9.17) is 27.9 Å². The van der Waals surface area contributed by atoms with Crippen LogP contribution in [-0.4, -0.2) is 61.0 Å². The first-order chi connectivity index (χ1) is 16.8. The Labute approximate surface area is 200 Å². The summed E-state index contributed by atoms with van der Waals surface area (Å²) >= 11 is 0. The molecule has 3 aromatic rings. The largest absolute Gasteiger partial charge is 0.494 e. The number of rotatable bonds is 6. The maximum absolute atomic E-state index is 5.65. The fourth-order valence-corrected chi connectivity index (χ4v) is 4.44. The molecule has 7 nitrogen and oxygen atoms in total. The summed E-state index contributed by atoms with van der Waals surface area (Å²) in [5.41, 5.74) is 6.13. The highest BCUT2D eigenvalue weighted by atomic mass is 16.6. The van der Waals surface area contributed by atoms with Crippen LogP contribution in [0.1, 0.15) is 0 Å². The normalized spacial score (nSPS) is 18.2. The molecule has 3 aliphatic heterocycles. The van der Waals surface area contributed by atoms with Gasteiger partial charge in [0.1, 0.15) is 0 Å². The molecule has 0 aliphatic carbocycles. The van der Waals surface area contributed by atoms with Gasteiger partial charge in [0, 0.05) is 17.1 Å². The van der Waals surface area contributed by atoms with Gasteiger partial charge in [-0.05, 0) is 52.8 Å². The summed E-state index contributed by atoms with van der Waals surface area (Å²) in [5.74, 6) is 0. The summed E-state index contributed by atoms with van der Waals surface area (Å²) in [6, 6.07) is 24.9. The van der Waals surface area contributed by atoms with E-state index in [1.807, 2.05) is 0 Å². The Balaban J connectivity index is 1.32. The van der Waals surface area contributed by atoms with Crippen molar-refractivity contribution in [2.45, 2.75) is 0 Å². The molecule has 0 spiro atoms. The Bertz CT molecular complexity index is 940. The zero-order valence-corrected chi connectivity index (χ0v) is 18.8. The lowest BCUT2D eigenvalue weighted by Crippen LogP contribution is -2.32. The molecule has 170 valence electrons. The van der Waals surface area contributed by atoms with Crippen molar-refractivity contribution in [1.29, 1.82) is 0 Å². The molecule has 34 heavy (non-hydrogen) atoms. The number of nitrogens with zero attached hydrogens (tertiary/aromatic N) is 1. The Morgan fingerprint density at radius 3 is 0.853 bits per heavy atom. The van der Waals surface area contributed by atoms with Gasteiger partial charge in [0.25, 0.3) is 0 Å². The lowest BCUT2D eigenvalue weighted by atomic mass is 9.79. The maximum Gasteiger partial charge on any atom is 0.494 e. The van der Waals surface area contributed by atoms with E-state index in [0.717, 1.165) is 33.5 Å². The molecule has 0 amide bonds. The van der Waals surface area contributed by atoms with E-state index in [0.29, 0.717) is 39.6 Å². The molecular weight excluding hydrogens is 431 g/mol. The third-order valence-corrected chi connectivity index (χ3v) is 6.14. The van der Waals surface area contributed by atoms with Crippen molar-refractivity contribution in [3.8, 4) is 0 Å². The first-order valence-corrected chi connectivity index (χ1v) is 11.6. The third-order valence-electron chi connectivity index (χ3n) is 6.14. The van der Waals surface area contributed by atoms with Gasteiger partial charge in [-0.3, -0.25) is 0 Å².